The molecule has 0 saturated heterocycles. The second kappa shape index (κ2) is 6.60. The molecule has 130 valence electrons. The minimum atomic E-state index is 0.00920. The SMILES string of the molecule is CN1CCc2cc(Nc3ncc(C=N)c(NC=O)n3)ccc2C1(C)C. The molecule has 3 N–H and O–H groups in total. The Morgan fingerprint density at radius 2 is 2.16 bits per heavy atom. The number of hydrogen-bond acceptors (Lipinski definition) is 6. The summed E-state index contributed by atoms with van der Waals surface area (Å²) >= 11 is 0. The summed E-state index contributed by atoms with van der Waals surface area (Å²) in [5.74, 6) is 0.685. The Bertz CT molecular complexity index is 817. The smallest absolute Gasteiger partial charge is 0.229 e. The minimum Gasteiger partial charge on any atom is -0.324 e. The highest BCUT2D eigenvalue weighted by atomic mass is 16.1. The molecule has 1 amide bonds. The van der Waals surface area contributed by atoms with Crippen LogP contribution < -0.4 is 10.6 Å². The maximum Gasteiger partial charge on any atom is 0.229 e. The van der Waals surface area contributed by atoms with Crippen molar-refractivity contribution in [1.29, 1.82) is 5.41 Å². The van der Waals surface area contributed by atoms with Crippen molar-refractivity contribution in [2.75, 3.05) is 24.2 Å². The van der Waals surface area contributed by atoms with Gasteiger partial charge in [-0.25, -0.2) is 4.98 Å². The number of nitrogens with zero attached hydrogens (tertiary/aromatic N) is 3. The summed E-state index contributed by atoms with van der Waals surface area (Å²) in [5, 5.41) is 13.0. The summed E-state index contributed by atoms with van der Waals surface area (Å²) in [4.78, 5) is 21.5. The molecule has 1 aliphatic heterocycles. The van der Waals surface area contributed by atoms with Gasteiger partial charge in [-0.1, -0.05) is 6.07 Å². The average molecular weight is 338 g/mol. The number of likely N-dealkylation sites (N-methyl/N-ethyl adjacent to an activating group) is 1. The van der Waals surface area contributed by atoms with E-state index in [9.17, 15) is 4.79 Å². The molecule has 25 heavy (non-hydrogen) atoms. The van der Waals surface area contributed by atoms with E-state index in [0.29, 0.717) is 23.7 Å². The standard InChI is InChI=1S/C18H22N6O/c1-18(2)15-5-4-14(8-12(15)6-7-24(18)3)22-17-20-10-13(9-19)16(23-17)21-11-25/h4-5,8-11,19H,6-7H2,1-3H3,(H2,20,21,22,23,25). The lowest BCUT2D eigenvalue weighted by Gasteiger charge is -2.41. The zero-order valence-corrected chi connectivity index (χ0v) is 14.6. The van der Waals surface area contributed by atoms with E-state index in [2.05, 4.69) is 58.5 Å². The van der Waals surface area contributed by atoms with Crippen LogP contribution in [0.5, 0.6) is 0 Å². The average Bonchev–Trinajstić information content (AvgIpc) is 2.59. The molecule has 7 nitrogen and oxygen atoms in total. The first-order valence-corrected chi connectivity index (χ1v) is 8.15. The lowest BCUT2D eigenvalue weighted by Crippen LogP contribution is -2.43. The molecule has 0 bridgehead atoms. The number of nitrogens with one attached hydrogen (secondary N) is 3. The van der Waals surface area contributed by atoms with Gasteiger partial charge in [0.15, 0.2) is 0 Å². The van der Waals surface area contributed by atoms with E-state index in [1.807, 2.05) is 6.07 Å². The Kier molecular flexibility index (Phi) is 4.50. The molecule has 7 heteroatoms. The fourth-order valence-corrected chi connectivity index (χ4v) is 3.11. The Labute approximate surface area is 147 Å². The van der Waals surface area contributed by atoms with Gasteiger partial charge in [0.1, 0.15) is 5.82 Å². The fraction of sp³-hybridized carbons (Fsp3) is 0.333. The van der Waals surface area contributed by atoms with Gasteiger partial charge in [0.25, 0.3) is 0 Å². The van der Waals surface area contributed by atoms with Crippen molar-refractivity contribution in [3.05, 3.63) is 41.1 Å². The third-order valence-corrected chi connectivity index (χ3v) is 4.86. The maximum absolute atomic E-state index is 10.7. The van der Waals surface area contributed by atoms with Crippen LogP contribution in [0, 0.1) is 5.41 Å². The summed E-state index contributed by atoms with van der Waals surface area (Å²) in [7, 11) is 2.15. The van der Waals surface area contributed by atoms with Gasteiger partial charge in [-0.05, 0) is 50.6 Å². The molecule has 0 atom stereocenters. The molecule has 0 saturated carbocycles. The molecule has 1 aromatic carbocycles. The number of benzene rings is 1. The van der Waals surface area contributed by atoms with Crippen LogP contribution in [0.4, 0.5) is 17.5 Å². The summed E-state index contributed by atoms with van der Waals surface area (Å²) in [6.45, 7) is 5.48. The van der Waals surface area contributed by atoms with Crippen molar-refractivity contribution in [3.63, 3.8) is 0 Å². The molecule has 0 spiro atoms. The molecular formula is C18H22N6O. The molecule has 2 aromatic rings. The highest BCUT2D eigenvalue weighted by molar-refractivity contribution is 5.87. The largest absolute Gasteiger partial charge is 0.324 e. The Hall–Kier alpha value is -2.80. The molecule has 1 aliphatic rings. The van der Waals surface area contributed by atoms with Crippen LogP contribution in [0.25, 0.3) is 0 Å². The van der Waals surface area contributed by atoms with Gasteiger partial charge >= 0.3 is 0 Å². The molecule has 2 heterocycles. The third kappa shape index (κ3) is 3.23. The number of hydrogen-bond donors (Lipinski definition) is 3. The van der Waals surface area contributed by atoms with Crippen molar-refractivity contribution in [2.24, 2.45) is 0 Å². The van der Waals surface area contributed by atoms with Crippen LogP contribution in [0.15, 0.2) is 24.4 Å². The van der Waals surface area contributed by atoms with Gasteiger partial charge < -0.3 is 16.0 Å². The Morgan fingerprint density at radius 1 is 1.36 bits per heavy atom. The van der Waals surface area contributed by atoms with E-state index < -0.39 is 0 Å². The number of amides is 1. The lowest BCUT2D eigenvalue weighted by molar-refractivity contribution is -0.105. The Morgan fingerprint density at radius 3 is 2.88 bits per heavy atom. The number of fused-ring (bicyclic) bond motifs is 1. The van der Waals surface area contributed by atoms with Gasteiger partial charge in [0.2, 0.25) is 12.4 Å². The van der Waals surface area contributed by atoms with Gasteiger partial charge in [0, 0.05) is 30.2 Å². The van der Waals surface area contributed by atoms with Crippen molar-refractivity contribution in [2.45, 2.75) is 25.8 Å². The monoisotopic (exact) mass is 338 g/mol. The van der Waals surface area contributed by atoms with E-state index in [-0.39, 0.29) is 5.54 Å². The number of anilines is 3. The number of rotatable bonds is 5. The lowest BCUT2D eigenvalue weighted by atomic mass is 9.83. The quantitative estimate of drug-likeness (QED) is 0.575. The first-order chi connectivity index (χ1) is 12.0. The molecule has 3 rings (SSSR count). The Balaban J connectivity index is 1.88. The summed E-state index contributed by atoms with van der Waals surface area (Å²) in [6, 6.07) is 6.29. The molecule has 1 aromatic heterocycles. The first kappa shape index (κ1) is 17.0. The minimum absolute atomic E-state index is 0.00920. The molecular weight excluding hydrogens is 316 g/mol. The normalized spacial score (nSPS) is 16.0. The maximum atomic E-state index is 10.7. The topological polar surface area (TPSA) is 94.0 Å². The summed E-state index contributed by atoms with van der Waals surface area (Å²) in [5.41, 5.74) is 4.01. The molecule has 0 aliphatic carbocycles. The van der Waals surface area contributed by atoms with Gasteiger partial charge in [-0.15, -0.1) is 0 Å². The van der Waals surface area contributed by atoms with E-state index >= 15 is 0 Å². The number of aromatic nitrogens is 2. The van der Waals surface area contributed by atoms with Crippen LogP contribution >= 0.6 is 0 Å². The van der Waals surface area contributed by atoms with Crippen molar-refractivity contribution < 1.29 is 4.79 Å². The zero-order valence-electron chi connectivity index (χ0n) is 14.6. The van der Waals surface area contributed by atoms with E-state index in [4.69, 9.17) is 5.41 Å². The predicted molar refractivity (Wildman–Crippen MR) is 98.7 cm³/mol. The van der Waals surface area contributed by atoms with Gasteiger partial charge in [-0.2, -0.15) is 4.98 Å². The zero-order chi connectivity index (χ0) is 18.0. The van der Waals surface area contributed by atoms with Crippen LogP contribution in [0.1, 0.15) is 30.5 Å². The van der Waals surface area contributed by atoms with E-state index in [1.165, 1.54) is 17.3 Å². The van der Waals surface area contributed by atoms with Crippen molar-refractivity contribution in [3.8, 4) is 0 Å². The molecule has 0 unspecified atom stereocenters. The van der Waals surface area contributed by atoms with E-state index in [1.54, 1.807) is 0 Å². The fourth-order valence-electron chi connectivity index (χ4n) is 3.11. The number of carbonyl (C=O) groups excluding carboxylic acids is 1. The third-order valence-electron chi connectivity index (χ3n) is 4.86. The van der Waals surface area contributed by atoms with Crippen LogP contribution in [0.2, 0.25) is 0 Å². The van der Waals surface area contributed by atoms with Crippen LogP contribution in [0.3, 0.4) is 0 Å². The predicted octanol–water partition coefficient (Wildman–Crippen LogP) is 2.51. The molecule has 0 fully saturated rings. The van der Waals surface area contributed by atoms with Crippen LogP contribution in [-0.2, 0) is 16.8 Å². The second-order valence-corrected chi connectivity index (χ2v) is 6.63. The van der Waals surface area contributed by atoms with Crippen molar-refractivity contribution in [1.82, 2.24) is 14.9 Å². The van der Waals surface area contributed by atoms with Crippen molar-refractivity contribution >= 4 is 30.1 Å². The second-order valence-electron chi connectivity index (χ2n) is 6.63. The number of carbonyl (C=O) groups is 1. The first-order valence-electron chi connectivity index (χ1n) is 8.15. The summed E-state index contributed by atoms with van der Waals surface area (Å²) < 4.78 is 0. The summed E-state index contributed by atoms with van der Waals surface area (Å²) in [6.07, 6.45) is 4.14. The highest BCUT2D eigenvalue weighted by Crippen LogP contribution is 2.35. The highest BCUT2D eigenvalue weighted by Gasteiger charge is 2.31. The molecule has 0 radical (unpaired) electrons. The van der Waals surface area contributed by atoms with Gasteiger partial charge in [-0.3, -0.25) is 9.69 Å². The van der Waals surface area contributed by atoms with Crippen LogP contribution in [-0.4, -0.2) is 41.1 Å². The van der Waals surface area contributed by atoms with Gasteiger partial charge in [0.05, 0.1) is 5.56 Å². The van der Waals surface area contributed by atoms with E-state index in [0.717, 1.165) is 24.9 Å².